The second kappa shape index (κ2) is 8.10. The zero-order valence-corrected chi connectivity index (χ0v) is 15.5. The van der Waals surface area contributed by atoms with Gasteiger partial charge in [-0.1, -0.05) is 46.6 Å². The topological polar surface area (TPSA) is 218 Å². The van der Waals surface area contributed by atoms with Gasteiger partial charge in [0.05, 0.1) is 15.5 Å². The largest absolute Gasteiger partial charge is 0.239 e. The summed E-state index contributed by atoms with van der Waals surface area (Å²) in [4.78, 5) is 4.49. The summed E-state index contributed by atoms with van der Waals surface area (Å²) in [5, 5.41) is 16.8. The summed E-state index contributed by atoms with van der Waals surface area (Å²) < 4.78 is 46.6. The number of nitrogens with zero attached hydrogens (tertiary/aromatic N) is 6. The third-order valence-corrected chi connectivity index (χ3v) is 5.31. The summed E-state index contributed by atoms with van der Waals surface area (Å²) in [7, 11) is -8.19. The normalized spacial score (nSPS) is 11.6. The Labute approximate surface area is 159 Å². The van der Waals surface area contributed by atoms with E-state index in [1.807, 2.05) is 0 Å². The number of nitrogens with two attached hydrogens (primary N) is 2. The zero-order valence-electron chi connectivity index (χ0n) is 13.9. The van der Waals surface area contributed by atoms with Crippen molar-refractivity contribution in [1.29, 1.82) is 0 Å². The highest BCUT2D eigenvalue weighted by Gasteiger charge is 2.20. The lowest BCUT2D eigenvalue weighted by molar-refractivity contribution is 0.596. The lowest BCUT2D eigenvalue weighted by atomic mass is 10.1. The van der Waals surface area contributed by atoms with Gasteiger partial charge in [0.25, 0.3) is 0 Å². The van der Waals surface area contributed by atoms with E-state index < -0.39 is 30.6 Å². The lowest BCUT2D eigenvalue weighted by Crippen LogP contribution is -2.14. The van der Waals surface area contributed by atoms with Crippen LogP contribution in [-0.4, -0.2) is 16.8 Å². The Kier molecular flexibility index (Phi) is 6.06. The first-order valence-corrected chi connectivity index (χ1v) is 10.3. The molecule has 0 aliphatic heterocycles. The number of primary sulfonamides is 2. The molecule has 28 heavy (non-hydrogen) atoms. The molecule has 0 saturated carbocycles. The number of hydrogen-bond donors (Lipinski definition) is 2. The minimum Gasteiger partial charge on any atom is -0.225 e. The molecule has 0 fully saturated rings. The Balaban J connectivity index is 2.62. The maximum Gasteiger partial charge on any atom is 0.239 e. The molecule has 12 nitrogen and oxygen atoms in total. The highest BCUT2D eigenvalue weighted by atomic mass is 32.2. The highest BCUT2D eigenvalue weighted by molar-refractivity contribution is 7.89. The first kappa shape index (κ1) is 20.9. The fourth-order valence-electron chi connectivity index (χ4n) is 2.23. The van der Waals surface area contributed by atoms with Gasteiger partial charge in [-0.3, -0.25) is 0 Å². The van der Waals surface area contributed by atoms with Crippen LogP contribution in [0.15, 0.2) is 56.4 Å². The monoisotopic (exact) mass is 420 g/mol. The molecule has 0 aliphatic carbocycles. The minimum atomic E-state index is -4.35. The molecule has 0 radical (unpaired) electrons. The van der Waals surface area contributed by atoms with Crippen molar-refractivity contribution >= 4 is 43.6 Å². The molecular formula is C14H12N8O4S2. The molecule has 0 aliphatic rings. The number of hydrogen-bond acceptors (Lipinski definition) is 6. The van der Waals surface area contributed by atoms with E-state index in [0.29, 0.717) is 5.56 Å². The Bertz CT molecular complexity index is 1260. The Morgan fingerprint density at radius 3 is 1.93 bits per heavy atom. The van der Waals surface area contributed by atoms with Gasteiger partial charge in [0, 0.05) is 15.5 Å². The van der Waals surface area contributed by atoms with Crippen molar-refractivity contribution in [2.24, 2.45) is 20.5 Å². The van der Waals surface area contributed by atoms with Gasteiger partial charge in [-0.2, -0.15) is 0 Å². The molecule has 0 atom stereocenters. The van der Waals surface area contributed by atoms with Crippen LogP contribution in [-0.2, 0) is 20.0 Å². The van der Waals surface area contributed by atoms with Gasteiger partial charge in [-0.25, -0.2) is 27.1 Å². The molecule has 144 valence electrons. The van der Waals surface area contributed by atoms with E-state index in [4.69, 9.17) is 21.3 Å². The maximum absolute atomic E-state index is 12.0. The predicted octanol–water partition coefficient (Wildman–Crippen LogP) is 3.04. The Hall–Kier alpha value is -3.38. The van der Waals surface area contributed by atoms with Crippen LogP contribution in [0, 0.1) is 0 Å². The van der Waals surface area contributed by atoms with Crippen LogP contribution in [0.5, 0.6) is 0 Å². The van der Waals surface area contributed by atoms with Gasteiger partial charge in [0.15, 0.2) is 0 Å². The zero-order chi connectivity index (χ0) is 20.9. The molecule has 2 rings (SSSR count). The van der Waals surface area contributed by atoms with Crippen LogP contribution in [0.4, 0.5) is 11.4 Å². The first-order chi connectivity index (χ1) is 13.1. The van der Waals surface area contributed by atoms with E-state index in [1.54, 1.807) is 0 Å². The van der Waals surface area contributed by atoms with Crippen molar-refractivity contribution in [3.63, 3.8) is 0 Å². The Morgan fingerprint density at radius 1 is 0.821 bits per heavy atom. The molecule has 0 aromatic heterocycles. The average molecular weight is 420 g/mol. The van der Waals surface area contributed by atoms with Crippen LogP contribution in [0.3, 0.4) is 0 Å². The summed E-state index contributed by atoms with van der Waals surface area (Å²) in [5.41, 5.74) is 17.2. The average Bonchev–Trinajstić information content (AvgIpc) is 2.60. The second-order valence-electron chi connectivity index (χ2n) is 5.22. The molecule has 0 heterocycles. The van der Waals surface area contributed by atoms with Crippen LogP contribution in [0.2, 0.25) is 0 Å². The maximum atomic E-state index is 12.0. The van der Waals surface area contributed by atoms with Crippen LogP contribution in [0.1, 0.15) is 11.1 Å². The summed E-state index contributed by atoms with van der Waals surface area (Å²) in [5.74, 6) is 0. The van der Waals surface area contributed by atoms with Crippen molar-refractivity contribution < 1.29 is 16.8 Å². The SMILES string of the molecule is [N-]=[N+]=Nc1ccc(C=Cc2ccc(S(N)(=O)=O)cc2)c(S(N)(=O)=O)c1N=[N+]=[N-]. The van der Waals surface area contributed by atoms with Crippen molar-refractivity contribution in [1.82, 2.24) is 0 Å². The molecule has 2 aromatic carbocycles. The molecule has 0 unspecified atom stereocenters. The third kappa shape index (κ3) is 4.86. The van der Waals surface area contributed by atoms with Crippen molar-refractivity contribution in [2.45, 2.75) is 9.79 Å². The van der Waals surface area contributed by atoms with E-state index in [1.165, 1.54) is 48.6 Å². The fraction of sp³-hybridized carbons (Fsp3) is 0. The molecule has 0 amide bonds. The first-order valence-electron chi connectivity index (χ1n) is 7.19. The summed E-state index contributed by atoms with van der Waals surface area (Å²) >= 11 is 0. The van der Waals surface area contributed by atoms with Gasteiger partial charge in [0.1, 0.15) is 0 Å². The molecule has 0 spiro atoms. The molecule has 14 heteroatoms. The molecule has 0 saturated heterocycles. The predicted molar refractivity (Wildman–Crippen MR) is 102 cm³/mol. The van der Waals surface area contributed by atoms with Gasteiger partial charge in [-0.05, 0) is 34.3 Å². The molecule has 2 aromatic rings. The van der Waals surface area contributed by atoms with E-state index in [9.17, 15) is 16.8 Å². The number of rotatable bonds is 6. The summed E-state index contributed by atoms with van der Waals surface area (Å²) in [6.45, 7) is 0. The van der Waals surface area contributed by atoms with Crippen LogP contribution in [0.25, 0.3) is 33.0 Å². The number of azide groups is 2. The highest BCUT2D eigenvalue weighted by Crippen LogP contribution is 2.38. The molecular weight excluding hydrogens is 408 g/mol. The quantitative estimate of drug-likeness (QED) is 0.311. The van der Waals surface area contributed by atoms with Crippen LogP contribution < -0.4 is 10.3 Å². The standard InChI is InChI=1S/C14H12N8O4S2/c15-21-19-12-8-5-10(14(28(18,25)26)13(12)20-22-16)4-1-9-2-6-11(7-3-9)27(17,23)24/h1-8H,(H2,17,23,24)(H2,18,25,26). The minimum absolute atomic E-state index is 0.0670. The van der Waals surface area contributed by atoms with Gasteiger partial charge in [-0.15, -0.1) is 0 Å². The van der Waals surface area contributed by atoms with E-state index in [-0.39, 0.29) is 16.1 Å². The fourth-order valence-corrected chi connectivity index (χ4v) is 3.63. The van der Waals surface area contributed by atoms with Crippen LogP contribution >= 0.6 is 0 Å². The molecule has 4 N–H and O–H groups in total. The van der Waals surface area contributed by atoms with Crippen molar-refractivity contribution in [3.8, 4) is 0 Å². The number of benzene rings is 2. The van der Waals surface area contributed by atoms with Gasteiger partial charge >= 0.3 is 0 Å². The Morgan fingerprint density at radius 2 is 1.43 bits per heavy atom. The second-order valence-corrected chi connectivity index (χ2v) is 8.28. The lowest BCUT2D eigenvalue weighted by Gasteiger charge is -2.10. The van der Waals surface area contributed by atoms with E-state index in [0.717, 1.165) is 0 Å². The van der Waals surface area contributed by atoms with Crippen molar-refractivity contribution in [3.05, 3.63) is 68.4 Å². The summed E-state index contributed by atoms with van der Waals surface area (Å²) in [6, 6.07) is 8.06. The summed E-state index contributed by atoms with van der Waals surface area (Å²) in [6.07, 6.45) is 2.84. The van der Waals surface area contributed by atoms with Gasteiger partial charge < -0.3 is 0 Å². The third-order valence-electron chi connectivity index (χ3n) is 3.39. The molecule has 0 bridgehead atoms. The smallest absolute Gasteiger partial charge is 0.225 e. The van der Waals surface area contributed by atoms with Crippen molar-refractivity contribution in [2.75, 3.05) is 0 Å². The number of sulfonamides is 2. The van der Waals surface area contributed by atoms with E-state index >= 15 is 0 Å². The van der Waals surface area contributed by atoms with E-state index in [2.05, 4.69) is 20.1 Å². The van der Waals surface area contributed by atoms with Gasteiger partial charge in [0.2, 0.25) is 20.0 Å².